The van der Waals surface area contributed by atoms with Crippen LogP contribution in [0.1, 0.15) is 162 Å². The predicted molar refractivity (Wildman–Crippen MR) is 200 cm³/mol. The summed E-state index contributed by atoms with van der Waals surface area (Å²) in [6, 6.07) is 0. The fraction of sp³-hybridized carbons (Fsp3) is 0.714. The van der Waals surface area contributed by atoms with E-state index in [2.05, 4.69) is 62.5 Å². The Hall–Kier alpha value is -2.44. The quantitative estimate of drug-likeness (QED) is 0.0324. The average molecular weight is 671 g/mol. The van der Waals surface area contributed by atoms with Gasteiger partial charge in [-0.15, -0.1) is 0 Å². The second kappa shape index (κ2) is 33.1. The number of epoxide rings is 1. The van der Waals surface area contributed by atoms with Gasteiger partial charge in [-0.3, -0.25) is 9.59 Å². The Morgan fingerprint density at radius 1 is 0.604 bits per heavy atom. The van der Waals surface area contributed by atoms with Crippen LogP contribution in [0.2, 0.25) is 0 Å². The number of rotatable bonds is 33. The number of aliphatic hydroxyl groups is 1. The summed E-state index contributed by atoms with van der Waals surface area (Å²) in [6.45, 7) is 3.95. The Labute approximate surface area is 294 Å². The van der Waals surface area contributed by atoms with Gasteiger partial charge in [0.25, 0.3) is 0 Å². The largest absolute Gasteiger partial charge is 0.462 e. The van der Waals surface area contributed by atoms with Gasteiger partial charge >= 0.3 is 11.9 Å². The zero-order valence-corrected chi connectivity index (χ0v) is 30.7. The van der Waals surface area contributed by atoms with E-state index in [1.165, 1.54) is 70.6 Å². The van der Waals surface area contributed by atoms with Gasteiger partial charge in [0, 0.05) is 12.8 Å². The van der Waals surface area contributed by atoms with Crippen molar-refractivity contribution >= 4 is 11.9 Å². The molecule has 6 heteroatoms. The lowest BCUT2D eigenvalue weighted by molar-refractivity contribution is -0.161. The Kier molecular flexibility index (Phi) is 30.0. The van der Waals surface area contributed by atoms with Gasteiger partial charge in [-0.05, 0) is 51.4 Å². The Balaban J connectivity index is 1.94. The third-order valence-electron chi connectivity index (χ3n) is 8.49. The van der Waals surface area contributed by atoms with Crippen LogP contribution in [-0.2, 0) is 23.8 Å². The summed E-state index contributed by atoms with van der Waals surface area (Å²) in [5, 5.41) is 9.54. The van der Waals surface area contributed by atoms with E-state index in [9.17, 15) is 14.7 Å². The minimum atomic E-state index is -0.814. The van der Waals surface area contributed by atoms with E-state index in [1.54, 1.807) is 0 Å². The minimum absolute atomic E-state index is 0.0991. The molecular formula is C42H70O6. The second-order valence-electron chi connectivity index (χ2n) is 13.0. The number of hydrogen-bond acceptors (Lipinski definition) is 6. The van der Waals surface area contributed by atoms with Crippen LogP contribution in [0.4, 0.5) is 0 Å². The van der Waals surface area contributed by atoms with Crippen LogP contribution in [0.5, 0.6) is 0 Å². The Morgan fingerprint density at radius 3 is 1.60 bits per heavy atom. The first-order valence-corrected chi connectivity index (χ1v) is 19.5. The molecule has 0 bridgehead atoms. The summed E-state index contributed by atoms with van der Waals surface area (Å²) in [7, 11) is 0. The zero-order valence-electron chi connectivity index (χ0n) is 30.7. The molecule has 1 heterocycles. The molecule has 0 aliphatic carbocycles. The summed E-state index contributed by atoms with van der Waals surface area (Å²) in [5.41, 5.74) is 0. The molecular weight excluding hydrogens is 600 g/mol. The molecule has 1 fully saturated rings. The fourth-order valence-corrected chi connectivity index (χ4v) is 5.44. The van der Waals surface area contributed by atoms with Gasteiger partial charge in [0.1, 0.15) is 6.61 Å². The molecule has 0 aromatic rings. The fourth-order valence-electron chi connectivity index (χ4n) is 5.44. The molecule has 1 N–H and O–H groups in total. The van der Waals surface area contributed by atoms with E-state index < -0.39 is 12.1 Å². The van der Waals surface area contributed by atoms with Crippen LogP contribution in [0.3, 0.4) is 0 Å². The van der Waals surface area contributed by atoms with E-state index in [0.717, 1.165) is 57.8 Å². The van der Waals surface area contributed by atoms with Crippen molar-refractivity contribution in [3.63, 3.8) is 0 Å². The molecule has 0 aromatic heterocycles. The van der Waals surface area contributed by atoms with Crippen LogP contribution in [0, 0.1) is 0 Å². The number of carbonyl (C=O) groups excluding carboxylic acids is 2. The van der Waals surface area contributed by atoms with Crippen LogP contribution in [0.25, 0.3) is 0 Å². The standard InChI is InChI=1S/C42H70O6/c1-3-5-7-8-9-10-11-12-13-17-20-23-26-30-34-41(44)46-37-38(36-43)47-42(45)35-31-27-24-21-18-15-14-16-19-22-25-29-33-40-39(48-40)32-28-6-4-2/h6,15-16,18-19,24-25,27-29,38-40,43H,3-5,7-14,17,20-23,26,30-37H2,1-2H3/b18-15-,19-16-,27-24-,28-6-,29-25-/t38-,39?,40?/m0/s1. The summed E-state index contributed by atoms with van der Waals surface area (Å²) in [5.74, 6) is -0.694. The molecule has 2 unspecified atom stereocenters. The third-order valence-corrected chi connectivity index (χ3v) is 8.49. The molecule has 48 heavy (non-hydrogen) atoms. The number of hydrogen-bond donors (Lipinski definition) is 1. The first kappa shape index (κ1) is 43.6. The number of unbranched alkanes of at least 4 members (excludes halogenated alkanes) is 13. The smallest absolute Gasteiger partial charge is 0.306 e. The van der Waals surface area contributed by atoms with Crippen molar-refractivity contribution in [2.24, 2.45) is 0 Å². The van der Waals surface area contributed by atoms with Crippen molar-refractivity contribution in [2.75, 3.05) is 13.2 Å². The topological polar surface area (TPSA) is 85.4 Å². The molecule has 6 nitrogen and oxygen atoms in total. The highest BCUT2D eigenvalue weighted by Crippen LogP contribution is 2.29. The lowest BCUT2D eigenvalue weighted by atomic mass is 10.0. The first-order chi connectivity index (χ1) is 23.6. The molecule has 274 valence electrons. The summed E-state index contributed by atoms with van der Waals surface area (Å²) in [6.07, 6.45) is 46.1. The van der Waals surface area contributed by atoms with Crippen molar-refractivity contribution < 1.29 is 28.9 Å². The van der Waals surface area contributed by atoms with Gasteiger partial charge in [-0.25, -0.2) is 0 Å². The molecule has 0 spiro atoms. The van der Waals surface area contributed by atoms with E-state index in [1.807, 2.05) is 12.2 Å². The van der Waals surface area contributed by atoms with Crippen LogP contribution < -0.4 is 0 Å². The summed E-state index contributed by atoms with van der Waals surface area (Å²) in [4.78, 5) is 24.2. The van der Waals surface area contributed by atoms with E-state index in [-0.39, 0.29) is 25.6 Å². The lowest BCUT2D eigenvalue weighted by Gasteiger charge is -2.15. The van der Waals surface area contributed by atoms with Crippen LogP contribution >= 0.6 is 0 Å². The van der Waals surface area contributed by atoms with E-state index in [0.29, 0.717) is 25.0 Å². The van der Waals surface area contributed by atoms with Crippen molar-refractivity contribution in [2.45, 2.75) is 180 Å². The number of allylic oxidation sites excluding steroid dienone is 8. The normalized spacial score (nSPS) is 17.1. The molecule has 0 aromatic carbocycles. The summed E-state index contributed by atoms with van der Waals surface area (Å²) >= 11 is 0. The highest BCUT2D eigenvalue weighted by atomic mass is 16.6. The van der Waals surface area contributed by atoms with Crippen molar-refractivity contribution in [1.29, 1.82) is 0 Å². The molecule has 3 atom stereocenters. The Morgan fingerprint density at radius 2 is 1.08 bits per heavy atom. The van der Waals surface area contributed by atoms with E-state index in [4.69, 9.17) is 14.2 Å². The van der Waals surface area contributed by atoms with Crippen molar-refractivity contribution in [3.8, 4) is 0 Å². The number of aliphatic hydroxyl groups excluding tert-OH is 1. The maximum absolute atomic E-state index is 12.1. The molecule has 1 saturated heterocycles. The van der Waals surface area contributed by atoms with E-state index >= 15 is 0 Å². The molecule has 0 radical (unpaired) electrons. The molecule has 1 aliphatic rings. The predicted octanol–water partition coefficient (Wildman–Crippen LogP) is 11.0. The number of esters is 2. The highest BCUT2D eigenvalue weighted by Gasteiger charge is 2.35. The second-order valence-corrected chi connectivity index (χ2v) is 13.0. The molecule has 0 amide bonds. The molecule has 1 rings (SSSR count). The summed E-state index contributed by atoms with van der Waals surface area (Å²) < 4.78 is 16.2. The Bertz CT molecular complexity index is 917. The average Bonchev–Trinajstić information content (AvgIpc) is 3.84. The van der Waals surface area contributed by atoms with Gasteiger partial charge in [-0.2, -0.15) is 0 Å². The SMILES string of the molecule is CC/C=C\CC1OC1C/C=C\C/C=C\C/C=C\C/C=C\CCC(=O)O[C@@H](CO)COC(=O)CCCCCCCCCCCCCCCC. The lowest BCUT2D eigenvalue weighted by Crippen LogP contribution is -2.28. The van der Waals surface area contributed by atoms with Gasteiger partial charge in [0.2, 0.25) is 0 Å². The van der Waals surface area contributed by atoms with Crippen molar-refractivity contribution in [1.82, 2.24) is 0 Å². The number of carbonyl (C=O) groups is 2. The van der Waals surface area contributed by atoms with Gasteiger partial charge in [-0.1, -0.05) is 158 Å². The molecule has 0 saturated carbocycles. The minimum Gasteiger partial charge on any atom is -0.462 e. The van der Waals surface area contributed by atoms with Gasteiger partial charge < -0.3 is 19.3 Å². The maximum atomic E-state index is 12.1. The maximum Gasteiger partial charge on any atom is 0.306 e. The van der Waals surface area contributed by atoms with Crippen LogP contribution in [0.15, 0.2) is 60.8 Å². The first-order valence-electron chi connectivity index (χ1n) is 19.5. The monoisotopic (exact) mass is 671 g/mol. The van der Waals surface area contributed by atoms with Gasteiger partial charge in [0.15, 0.2) is 6.10 Å². The third kappa shape index (κ3) is 28.6. The van der Waals surface area contributed by atoms with Crippen molar-refractivity contribution in [3.05, 3.63) is 60.8 Å². The highest BCUT2D eigenvalue weighted by molar-refractivity contribution is 5.70. The zero-order chi connectivity index (χ0) is 34.8. The van der Waals surface area contributed by atoms with Crippen LogP contribution in [-0.4, -0.2) is 48.6 Å². The molecule has 1 aliphatic heterocycles. The van der Waals surface area contributed by atoms with Gasteiger partial charge in [0.05, 0.1) is 18.8 Å². The number of ether oxygens (including phenoxy) is 3.